The second-order valence-corrected chi connectivity index (χ2v) is 6.47. The summed E-state index contributed by atoms with van der Waals surface area (Å²) in [5.74, 6) is 2.08. The quantitative estimate of drug-likeness (QED) is 0.892. The Balaban J connectivity index is 1.80. The summed E-state index contributed by atoms with van der Waals surface area (Å²) in [6.45, 7) is 4.58. The highest BCUT2D eigenvalue weighted by molar-refractivity contribution is 5.17. The molecule has 3 heteroatoms. The second-order valence-electron chi connectivity index (χ2n) is 6.47. The summed E-state index contributed by atoms with van der Waals surface area (Å²) >= 11 is 0. The summed E-state index contributed by atoms with van der Waals surface area (Å²) in [6, 6.07) is 0.390. The van der Waals surface area contributed by atoms with Gasteiger partial charge < -0.3 is 5.11 Å². The van der Waals surface area contributed by atoms with Crippen LogP contribution in [0.1, 0.15) is 63.5 Å². The number of hydrogen-bond donors (Lipinski definition) is 1. The van der Waals surface area contributed by atoms with E-state index in [9.17, 15) is 5.11 Å². The van der Waals surface area contributed by atoms with Crippen LogP contribution in [-0.2, 0) is 0 Å². The van der Waals surface area contributed by atoms with E-state index in [-0.39, 0.29) is 6.10 Å². The van der Waals surface area contributed by atoms with Crippen LogP contribution < -0.4 is 0 Å². The molecule has 0 amide bonds. The van der Waals surface area contributed by atoms with Gasteiger partial charge in [-0.1, -0.05) is 13.8 Å². The molecular formula is C15H24N2O. The van der Waals surface area contributed by atoms with Crippen molar-refractivity contribution in [2.75, 3.05) is 0 Å². The summed E-state index contributed by atoms with van der Waals surface area (Å²) in [5.41, 5.74) is 1.40. The van der Waals surface area contributed by atoms with Gasteiger partial charge in [0, 0.05) is 6.20 Å². The zero-order valence-corrected chi connectivity index (χ0v) is 11.4. The second kappa shape index (κ2) is 4.69. The van der Waals surface area contributed by atoms with Gasteiger partial charge in [-0.3, -0.25) is 4.68 Å². The highest BCUT2D eigenvalue weighted by atomic mass is 16.3. The smallest absolute Gasteiger partial charge is 0.0574 e. The molecule has 2 saturated carbocycles. The Bertz CT molecular complexity index is 408. The normalized spacial score (nSPS) is 33.0. The first-order valence-corrected chi connectivity index (χ1v) is 7.37. The average Bonchev–Trinajstić information content (AvgIpc) is 3.07. The number of nitrogens with zero attached hydrogens (tertiary/aromatic N) is 2. The molecule has 0 radical (unpaired) electrons. The van der Waals surface area contributed by atoms with Crippen molar-refractivity contribution in [2.45, 2.75) is 64.0 Å². The summed E-state index contributed by atoms with van der Waals surface area (Å²) in [5, 5.41) is 14.5. The molecule has 3 unspecified atom stereocenters. The highest BCUT2D eigenvalue weighted by Gasteiger charge is 2.34. The zero-order chi connectivity index (χ0) is 12.7. The van der Waals surface area contributed by atoms with Crippen molar-refractivity contribution < 1.29 is 5.11 Å². The minimum absolute atomic E-state index is 0.140. The fourth-order valence-corrected chi connectivity index (χ4v) is 3.39. The monoisotopic (exact) mass is 248 g/mol. The standard InChI is InChI=1S/C15H24N2O/c1-10(2)14-6-5-13(18)7-15(14)17-9-12(8-16-17)11-3-4-11/h8-11,13-15,18H,3-7H2,1-2H3. The first kappa shape index (κ1) is 12.2. The highest BCUT2D eigenvalue weighted by Crippen LogP contribution is 2.42. The lowest BCUT2D eigenvalue weighted by Gasteiger charge is -2.36. The summed E-state index contributed by atoms with van der Waals surface area (Å²) in [4.78, 5) is 0. The SMILES string of the molecule is CC(C)C1CCC(O)CC1n1cc(C2CC2)cn1. The molecule has 0 saturated heterocycles. The molecule has 1 aromatic heterocycles. The maximum atomic E-state index is 9.93. The first-order chi connectivity index (χ1) is 8.65. The lowest BCUT2D eigenvalue weighted by Crippen LogP contribution is -2.33. The Hall–Kier alpha value is -0.830. The maximum absolute atomic E-state index is 9.93. The molecule has 2 aliphatic rings. The predicted octanol–water partition coefficient (Wildman–Crippen LogP) is 3.12. The predicted molar refractivity (Wildman–Crippen MR) is 71.4 cm³/mol. The van der Waals surface area contributed by atoms with E-state index >= 15 is 0 Å². The van der Waals surface area contributed by atoms with Gasteiger partial charge >= 0.3 is 0 Å². The van der Waals surface area contributed by atoms with Gasteiger partial charge in [0.2, 0.25) is 0 Å². The van der Waals surface area contributed by atoms with Gasteiger partial charge in [-0.25, -0.2) is 0 Å². The van der Waals surface area contributed by atoms with Crippen LogP contribution in [0, 0.1) is 11.8 Å². The number of rotatable bonds is 3. The van der Waals surface area contributed by atoms with Gasteiger partial charge in [-0.2, -0.15) is 5.10 Å². The summed E-state index contributed by atoms with van der Waals surface area (Å²) < 4.78 is 2.14. The molecule has 0 spiro atoms. The number of aliphatic hydroxyl groups excluding tert-OH is 1. The Kier molecular flexibility index (Phi) is 3.18. The van der Waals surface area contributed by atoms with E-state index in [1.807, 2.05) is 6.20 Å². The van der Waals surface area contributed by atoms with Crippen molar-refractivity contribution in [3.8, 4) is 0 Å². The Labute approximate surface area is 109 Å². The van der Waals surface area contributed by atoms with Gasteiger partial charge in [0.1, 0.15) is 0 Å². The van der Waals surface area contributed by atoms with E-state index in [2.05, 4.69) is 29.8 Å². The fourth-order valence-electron chi connectivity index (χ4n) is 3.39. The molecule has 2 aliphatic carbocycles. The zero-order valence-electron chi connectivity index (χ0n) is 11.4. The molecule has 1 N–H and O–H groups in total. The van der Waals surface area contributed by atoms with Gasteiger partial charge in [0.25, 0.3) is 0 Å². The first-order valence-electron chi connectivity index (χ1n) is 7.37. The molecule has 1 heterocycles. The Morgan fingerprint density at radius 2 is 2.06 bits per heavy atom. The largest absolute Gasteiger partial charge is 0.393 e. The van der Waals surface area contributed by atoms with E-state index in [0.29, 0.717) is 17.9 Å². The topological polar surface area (TPSA) is 38.0 Å². The molecule has 0 bridgehead atoms. The van der Waals surface area contributed by atoms with Gasteiger partial charge in [-0.15, -0.1) is 0 Å². The Morgan fingerprint density at radius 3 is 2.72 bits per heavy atom. The van der Waals surface area contributed by atoms with Crippen LogP contribution in [0.15, 0.2) is 12.4 Å². The van der Waals surface area contributed by atoms with E-state index in [4.69, 9.17) is 0 Å². The van der Waals surface area contributed by atoms with E-state index in [1.54, 1.807) is 0 Å². The number of aromatic nitrogens is 2. The molecule has 2 fully saturated rings. The molecule has 3 nitrogen and oxygen atoms in total. The van der Waals surface area contributed by atoms with Crippen molar-refractivity contribution in [3.05, 3.63) is 18.0 Å². The molecule has 3 atom stereocenters. The van der Waals surface area contributed by atoms with Gasteiger partial charge in [0.05, 0.1) is 18.3 Å². The van der Waals surface area contributed by atoms with E-state index < -0.39 is 0 Å². The van der Waals surface area contributed by atoms with Gasteiger partial charge in [0.15, 0.2) is 0 Å². The van der Waals surface area contributed by atoms with Crippen LogP contribution in [-0.4, -0.2) is 21.0 Å². The third-order valence-electron chi connectivity index (χ3n) is 4.71. The summed E-state index contributed by atoms with van der Waals surface area (Å²) in [7, 11) is 0. The Morgan fingerprint density at radius 1 is 1.28 bits per heavy atom. The van der Waals surface area contributed by atoms with Gasteiger partial charge in [-0.05, 0) is 55.4 Å². The lowest BCUT2D eigenvalue weighted by molar-refractivity contribution is 0.0521. The van der Waals surface area contributed by atoms with Crippen LogP contribution in [0.2, 0.25) is 0 Å². The number of aliphatic hydroxyl groups is 1. The summed E-state index contributed by atoms with van der Waals surface area (Å²) in [6.07, 6.45) is 9.73. The molecule has 3 rings (SSSR count). The molecule has 100 valence electrons. The fraction of sp³-hybridized carbons (Fsp3) is 0.800. The van der Waals surface area contributed by atoms with Crippen LogP contribution >= 0.6 is 0 Å². The lowest BCUT2D eigenvalue weighted by atomic mass is 9.77. The van der Waals surface area contributed by atoms with Crippen molar-refractivity contribution in [3.63, 3.8) is 0 Å². The third kappa shape index (κ3) is 2.33. The molecule has 18 heavy (non-hydrogen) atoms. The van der Waals surface area contributed by atoms with Crippen molar-refractivity contribution in [2.24, 2.45) is 11.8 Å². The maximum Gasteiger partial charge on any atom is 0.0574 e. The van der Waals surface area contributed by atoms with Crippen molar-refractivity contribution in [1.29, 1.82) is 0 Å². The number of hydrogen-bond acceptors (Lipinski definition) is 2. The molecule has 0 aliphatic heterocycles. The molecule has 0 aromatic carbocycles. The minimum Gasteiger partial charge on any atom is -0.393 e. The van der Waals surface area contributed by atoms with Crippen LogP contribution in [0.4, 0.5) is 0 Å². The van der Waals surface area contributed by atoms with Crippen molar-refractivity contribution in [1.82, 2.24) is 9.78 Å². The molecule has 1 aromatic rings. The van der Waals surface area contributed by atoms with Crippen LogP contribution in [0.3, 0.4) is 0 Å². The molecular weight excluding hydrogens is 224 g/mol. The van der Waals surface area contributed by atoms with Crippen LogP contribution in [0.25, 0.3) is 0 Å². The van der Waals surface area contributed by atoms with Crippen LogP contribution in [0.5, 0.6) is 0 Å². The minimum atomic E-state index is -0.140. The average molecular weight is 248 g/mol. The third-order valence-corrected chi connectivity index (χ3v) is 4.71. The van der Waals surface area contributed by atoms with E-state index in [1.165, 1.54) is 18.4 Å². The van der Waals surface area contributed by atoms with Crippen molar-refractivity contribution >= 4 is 0 Å². The van der Waals surface area contributed by atoms with E-state index in [0.717, 1.165) is 25.2 Å².